The van der Waals surface area contributed by atoms with E-state index in [1.807, 2.05) is 18.7 Å². The van der Waals surface area contributed by atoms with Gasteiger partial charge in [0.1, 0.15) is 6.54 Å². The van der Waals surface area contributed by atoms with Gasteiger partial charge in [0.2, 0.25) is 0 Å². The molecule has 0 aliphatic carbocycles. The number of carbonyl (C=O) groups excluding carboxylic acids is 1. The maximum absolute atomic E-state index is 12.4. The SMILES string of the molecule is CCN(CC)C(=O)NC1C[C@H]2CCC[C@@H](C1)[NH+]2Cc1ccccc1. The van der Waals surface area contributed by atoms with Crippen molar-refractivity contribution >= 4 is 6.03 Å². The highest BCUT2D eigenvalue weighted by atomic mass is 16.2. The average Bonchev–Trinajstić information content (AvgIpc) is 2.57. The number of fused-ring (bicyclic) bond motifs is 2. The van der Waals surface area contributed by atoms with E-state index >= 15 is 0 Å². The molecule has 1 aromatic carbocycles. The smallest absolute Gasteiger partial charge is 0.317 e. The molecule has 2 saturated heterocycles. The van der Waals surface area contributed by atoms with E-state index in [1.54, 1.807) is 4.90 Å². The van der Waals surface area contributed by atoms with Crippen molar-refractivity contribution in [1.29, 1.82) is 0 Å². The summed E-state index contributed by atoms with van der Waals surface area (Å²) < 4.78 is 0. The number of quaternary nitrogens is 1. The van der Waals surface area contributed by atoms with Crippen LogP contribution in [0.5, 0.6) is 0 Å². The fourth-order valence-corrected chi connectivity index (χ4v) is 4.65. The lowest BCUT2D eigenvalue weighted by Crippen LogP contribution is -3.20. The number of nitrogens with one attached hydrogen (secondary N) is 2. The van der Waals surface area contributed by atoms with E-state index in [1.165, 1.54) is 24.8 Å². The summed E-state index contributed by atoms with van der Waals surface area (Å²) in [5.41, 5.74) is 1.44. The van der Waals surface area contributed by atoms with E-state index in [0.29, 0.717) is 18.1 Å². The van der Waals surface area contributed by atoms with Crippen molar-refractivity contribution in [2.45, 2.75) is 70.6 Å². The van der Waals surface area contributed by atoms with Crippen molar-refractivity contribution in [2.24, 2.45) is 0 Å². The van der Waals surface area contributed by atoms with Gasteiger partial charge in [0.05, 0.1) is 12.1 Å². The molecule has 1 aromatic rings. The van der Waals surface area contributed by atoms with Crippen LogP contribution in [0.2, 0.25) is 0 Å². The molecule has 0 aromatic heterocycles. The van der Waals surface area contributed by atoms with E-state index in [2.05, 4.69) is 35.6 Å². The van der Waals surface area contributed by atoms with E-state index in [4.69, 9.17) is 0 Å². The molecule has 0 spiro atoms. The van der Waals surface area contributed by atoms with E-state index in [0.717, 1.165) is 32.5 Å². The van der Waals surface area contributed by atoms with Crippen molar-refractivity contribution in [2.75, 3.05) is 13.1 Å². The molecular formula is C20H32N3O+. The first-order valence-corrected chi connectivity index (χ1v) is 9.66. The van der Waals surface area contributed by atoms with E-state index in [-0.39, 0.29) is 6.03 Å². The summed E-state index contributed by atoms with van der Waals surface area (Å²) in [7, 11) is 0. The Hall–Kier alpha value is -1.55. The molecule has 2 aliphatic heterocycles. The number of hydrogen-bond donors (Lipinski definition) is 2. The van der Waals surface area contributed by atoms with Gasteiger partial charge >= 0.3 is 6.03 Å². The lowest BCUT2D eigenvalue weighted by Gasteiger charge is -2.46. The zero-order chi connectivity index (χ0) is 16.9. The van der Waals surface area contributed by atoms with Gasteiger partial charge in [0, 0.05) is 37.5 Å². The molecule has 0 saturated carbocycles. The second-order valence-electron chi connectivity index (χ2n) is 7.35. The summed E-state index contributed by atoms with van der Waals surface area (Å²) in [4.78, 5) is 16.0. The average molecular weight is 330 g/mol. The quantitative estimate of drug-likeness (QED) is 0.853. The molecular weight excluding hydrogens is 298 g/mol. The van der Waals surface area contributed by atoms with Gasteiger partial charge in [-0.15, -0.1) is 0 Å². The molecule has 2 fully saturated rings. The van der Waals surface area contributed by atoms with Crippen molar-refractivity contribution in [1.82, 2.24) is 10.2 Å². The van der Waals surface area contributed by atoms with Crippen LogP contribution >= 0.6 is 0 Å². The third-order valence-corrected chi connectivity index (χ3v) is 5.92. The van der Waals surface area contributed by atoms with Gasteiger partial charge in [0.25, 0.3) is 0 Å². The normalized spacial score (nSPS) is 29.1. The van der Waals surface area contributed by atoms with Gasteiger partial charge < -0.3 is 15.1 Å². The van der Waals surface area contributed by atoms with Crippen molar-refractivity contribution in [3.63, 3.8) is 0 Å². The van der Waals surface area contributed by atoms with Crippen LogP contribution in [0.4, 0.5) is 4.79 Å². The van der Waals surface area contributed by atoms with Gasteiger partial charge in [-0.1, -0.05) is 30.3 Å². The topological polar surface area (TPSA) is 36.8 Å². The first-order chi connectivity index (χ1) is 11.7. The molecule has 3 rings (SSSR count). The Morgan fingerprint density at radius 1 is 1.12 bits per heavy atom. The van der Waals surface area contributed by atoms with E-state index in [9.17, 15) is 4.79 Å². The lowest BCUT2D eigenvalue weighted by atomic mass is 9.81. The van der Waals surface area contributed by atoms with Crippen molar-refractivity contribution in [3.8, 4) is 0 Å². The first-order valence-electron chi connectivity index (χ1n) is 9.66. The predicted octanol–water partition coefficient (Wildman–Crippen LogP) is 2.21. The molecule has 4 nitrogen and oxygen atoms in total. The molecule has 2 aliphatic rings. The third kappa shape index (κ3) is 3.92. The maximum Gasteiger partial charge on any atom is 0.317 e. The molecule has 2 amide bonds. The maximum atomic E-state index is 12.4. The summed E-state index contributed by atoms with van der Waals surface area (Å²) in [5.74, 6) is 0. The van der Waals surface area contributed by atoms with E-state index < -0.39 is 0 Å². The molecule has 4 heteroatoms. The predicted molar refractivity (Wildman–Crippen MR) is 97.0 cm³/mol. The Morgan fingerprint density at radius 2 is 1.75 bits per heavy atom. The molecule has 2 unspecified atom stereocenters. The highest BCUT2D eigenvalue weighted by Crippen LogP contribution is 2.23. The molecule has 4 atom stereocenters. The zero-order valence-corrected chi connectivity index (χ0v) is 15.1. The Bertz CT molecular complexity index is 515. The number of rotatable bonds is 5. The highest BCUT2D eigenvalue weighted by Gasteiger charge is 2.42. The third-order valence-electron chi connectivity index (χ3n) is 5.92. The standard InChI is InChI=1S/C20H31N3O/c1-3-22(4-2)20(24)21-17-13-18-11-8-12-19(14-17)23(18)15-16-9-6-5-7-10-16/h5-7,9-10,17-19H,3-4,8,11-15H2,1-2H3,(H,21,24)/p+1/t17?,18-,19+. The molecule has 132 valence electrons. The summed E-state index contributed by atoms with van der Waals surface area (Å²) >= 11 is 0. The first kappa shape index (κ1) is 17.3. The summed E-state index contributed by atoms with van der Waals surface area (Å²) in [6, 6.07) is 12.7. The van der Waals surface area contributed by atoms with Crippen LogP contribution in [0.1, 0.15) is 51.5 Å². The minimum atomic E-state index is 0.120. The zero-order valence-electron chi connectivity index (χ0n) is 15.1. The summed E-state index contributed by atoms with van der Waals surface area (Å²) in [6.45, 7) is 6.79. The van der Waals surface area contributed by atoms with Crippen LogP contribution in [0.3, 0.4) is 0 Å². The number of benzene rings is 1. The molecule has 24 heavy (non-hydrogen) atoms. The van der Waals surface area contributed by atoms with Crippen LogP contribution in [-0.4, -0.2) is 42.1 Å². The number of carbonyl (C=O) groups is 1. The van der Waals surface area contributed by atoms with Crippen molar-refractivity contribution in [3.05, 3.63) is 35.9 Å². The van der Waals surface area contributed by atoms with Gasteiger partial charge in [-0.25, -0.2) is 4.79 Å². The molecule has 2 N–H and O–H groups in total. The Balaban J connectivity index is 1.62. The Kier molecular flexibility index (Phi) is 5.77. The minimum Gasteiger partial charge on any atom is -0.335 e. The Labute approximate surface area is 146 Å². The second-order valence-corrected chi connectivity index (χ2v) is 7.35. The largest absolute Gasteiger partial charge is 0.335 e. The number of nitrogens with zero attached hydrogens (tertiary/aromatic N) is 1. The second kappa shape index (κ2) is 8.02. The number of urea groups is 1. The van der Waals surface area contributed by atoms with Crippen molar-refractivity contribution < 1.29 is 9.69 Å². The van der Waals surface area contributed by atoms with Gasteiger partial charge in [-0.2, -0.15) is 0 Å². The van der Waals surface area contributed by atoms with Crippen LogP contribution in [-0.2, 0) is 6.54 Å². The van der Waals surface area contributed by atoms with Crippen LogP contribution in [0.25, 0.3) is 0 Å². The van der Waals surface area contributed by atoms with Gasteiger partial charge in [0.15, 0.2) is 0 Å². The fraction of sp³-hybridized carbons (Fsp3) is 0.650. The molecule has 0 radical (unpaired) electrons. The van der Waals surface area contributed by atoms with Gasteiger partial charge in [-0.3, -0.25) is 0 Å². The highest BCUT2D eigenvalue weighted by molar-refractivity contribution is 5.74. The molecule has 2 bridgehead atoms. The lowest BCUT2D eigenvalue weighted by molar-refractivity contribution is -0.973. The number of amides is 2. The minimum absolute atomic E-state index is 0.120. The van der Waals surface area contributed by atoms with Crippen LogP contribution < -0.4 is 10.2 Å². The fourth-order valence-electron chi connectivity index (χ4n) is 4.65. The molecule has 2 heterocycles. The monoisotopic (exact) mass is 330 g/mol. The van der Waals surface area contributed by atoms with Crippen LogP contribution in [0.15, 0.2) is 30.3 Å². The Morgan fingerprint density at radius 3 is 2.33 bits per heavy atom. The summed E-state index contributed by atoms with van der Waals surface area (Å²) in [6.07, 6.45) is 6.22. The van der Waals surface area contributed by atoms with Gasteiger partial charge in [-0.05, 0) is 33.1 Å². The summed E-state index contributed by atoms with van der Waals surface area (Å²) in [5, 5.41) is 3.31. The van der Waals surface area contributed by atoms with Crippen LogP contribution in [0, 0.1) is 0 Å². The number of hydrogen-bond acceptors (Lipinski definition) is 1. The number of piperidine rings is 2.